The summed E-state index contributed by atoms with van der Waals surface area (Å²) in [6.45, 7) is 0. The third kappa shape index (κ3) is 4.47. The van der Waals surface area contributed by atoms with E-state index < -0.39 is 11.7 Å². The van der Waals surface area contributed by atoms with Gasteiger partial charge >= 0.3 is 0 Å². The smallest absolute Gasteiger partial charge is 0.260 e. The van der Waals surface area contributed by atoms with E-state index in [1.54, 1.807) is 36.4 Å². The zero-order chi connectivity index (χ0) is 23.4. The van der Waals surface area contributed by atoms with E-state index in [-0.39, 0.29) is 17.3 Å². The first-order chi connectivity index (χ1) is 16.0. The van der Waals surface area contributed by atoms with Crippen LogP contribution in [0.1, 0.15) is 10.4 Å². The number of hydrogen-bond donors (Lipinski definition) is 1. The number of halogens is 1. The number of benzene rings is 3. The van der Waals surface area contributed by atoms with Crippen molar-refractivity contribution in [2.45, 2.75) is 0 Å². The number of ether oxygens (including phenoxy) is 3. The third-order valence-corrected chi connectivity index (χ3v) is 4.84. The van der Waals surface area contributed by atoms with E-state index in [0.717, 1.165) is 6.07 Å². The Morgan fingerprint density at radius 2 is 1.67 bits per heavy atom. The summed E-state index contributed by atoms with van der Waals surface area (Å²) in [7, 11) is 4.54. The lowest BCUT2D eigenvalue weighted by molar-refractivity contribution is 0.102. The SMILES string of the molecule is COc1cc(-c2noc(-c3ccccc3NC(=O)c3cccc(F)c3)n2)cc(OC)c1OC. The lowest BCUT2D eigenvalue weighted by atomic mass is 10.1. The molecule has 0 bridgehead atoms. The van der Waals surface area contributed by atoms with Crippen LogP contribution < -0.4 is 19.5 Å². The van der Waals surface area contributed by atoms with Crippen LogP contribution in [0.5, 0.6) is 17.2 Å². The Labute approximate surface area is 188 Å². The monoisotopic (exact) mass is 449 g/mol. The summed E-state index contributed by atoms with van der Waals surface area (Å²) in [5, 5.41) is 6.82. The molecule has 0 atom stereocenters. The van der Waals surface area contributed by atoms with Gasteiger partial charge in [0.2, 0.25) is 11.6 Å². The Kier molecular flexibility index (Phi) is 6.21. The van der Waals surface area contributed by atoms with Crippen molar-refractivity contribution in [2.75, 3.05) is 26.6 Å². The Bertz CT molecular complexity index is 1280. The maximum Gasteiger partial charge on any atom is 0.260 e. The Morgan fingerprint density at radius 3 is 2.33 bits per heavy atom. The quantitative estimate of drug-likeness (QED) is 0.432. The summed E-state index contributed by atoms with van der Waals surface area (Å²) < 4.78 is 35.1. The highest BCUT2D eigenvalue weighted by atomic mass is 19.1. The molecule has 1 amide bonds. The summed E-state index contributed by atoms with van der Waals surface area (Å²) in [6.07, 6.45) is 0. The molecule has 0 fully saturated rings. The molecular formula is C24H20FN3O5. The van der Waals surface area contributed by atoms with Crippen molar-refractivity contribution in [1.82, 2.24) is 10.1 Å². The molecule has 9 heteroatoms. The van der Waals surface area contributed by atoms with Gasteiger partial charge in [0.25, 0.3) is 11.8 Å². The number of rotatable bonds is 7. The highest BCUT2D eigenvalue weighted by molar-refractivity contribution is 6.06. The third-order valence-electron chi connectivity index (χ3n) is 4.84. The second-order valence-electron chi connectivity index (χ2n) is 6.85. The van der Waals surface area contributed by atoms with E-state index in [1.807, 2.05) is 0 Å². The second-order valence-corrected chi connectivity index (χ2v) is 6.85. The molecule has 1 aromatic heterocycles. The molecule has 3 aromatic carbocycles. The Balaban J connectivity index is 1.67. The molecule has 8 nitrogen and oxygen atoms in total. The number of carbonyl (C=O) groups is 1. The van der Waals surface area contributed by atoms with Gasteiger partial charge in [0.15, 0.2) is 11.5 Å². The Hall–Kier alpha value is -4.40. The summed E-state index contributed by atoms with van der Waals surface area (Å²) in [6, 6.07) is 15.8. The molecule has 4 aromatic rings. The highest BCUT2D eigenvalue weighted by Gasteiger charge is 2.19. The molecule has 0 saturated heterocycles. The van der Waals surface area contributed by atoms with Crippen LogP contribution in [0.4, 0.5) is 10.1 Å². The van der Waals surface area contributed by atoms with Crippen LogP contribution in [0.3, 0.4) is 0 Å². The minimum atomic E-state index is -0.497. The molecule has 4 rings (SSSR count). The highest BCUT2D eigenvalue weighted by Crippen LogP contribution is 2.41. The number of anilines is 1. The van der Waals surface area contributed by atoms with E-state index >= 15 is 0 Å². The molecule has 33 heavy (non-hydrogen) atoms. The molecular weight excluding hydrogens is 429 g/mol. The van der Waals surface area contributed by atoms with Crippen molar-refractivity contribution >= 4 is 11.6 Å². The van der Waals surface area contributed by atoms with Crippen LogP contribution in [0, 0.1) is 5.82 Å². The van der Waals surface area contributed by atoms with E-state index in [1.165, 1.54) is 39.5 Å². The zero-order valence-electron chi connectivity index (χ0n) is 18.1. The van der Waals surface area contributed by atoms with Crippen LogP contribution in [-0.2, 0) is 0 Å². The summed E-state index contributed by atoms with van der Waals surface area (Å²) in [5.41, 5.74) is 1.72. The standard InChI is InChI=1S/C24H20FN3O5/c1-30-19-12-15(13-20(31-2)21(19)32-3)22-27-24(33-28-22)17-9-4-5-10-18(17)26-23(29)14-7-6-8-16(25)11-14/h4-13H,1-3H3,(H,26,29). The van der Waals surface area contributed by atoms with Crippen LogP contribution in [-0.4, -0.2) is 37.4 Å². The maximum absolute atomic E-state index is 13.5. The van der Waals surface area contributed by atoms with Crippen LogP contribution in [0.2, 0.25) is 0 Å². The number of aromatic nitrogens is 2. The molecule has 0 unspecified atom stereocenters. The number of carbonyl (C=O) groups excluding carboxylic acids is 1. The molecule has 0 aliphatic carbocycles. The number of nitrogens with one attached hydrogen (secondary N) is 1. The molecule has 0 saturated carbocycles. The first-order valence-corrected chi connectivity index (χ1v) is 9.84. The van der Waals surface area contributed by atoms with E-state index in [4.69, 9.17) is 18.7 Å². The van der Waals surface area contributed by atoms with Gasteiger partial charge in [0.1, 0.15) is 5.82 Å². The molecule has 1 heterocycles. The normalized spacial score (nSPS) is 10.5. The van der Waals surface area contributed by atoms with E-state index in [2.05, 4.69) is 15.5 Å². The van der Waals surface area contributed by atoms with Gasteiger partial charge < -0.3 is 24.1 Å². The van der Waals surface area contributed by atoms with Crippen LogP contribution >= 0.6 is 0 Å². The van der Waals surface area contributed by atoms with Gasteiger partial charge in [-0.25, -0.2) is 4.39 Å². The van der Waals surface area contributed by atoms with Gasteiger partial charge in [0.05, 0.1) is 32.6 Å². The van der Waals surface area contributed by atoms with Crippen LogP contribution in [0.15, 0.2) is 65.2 Å². The van der Waals surface area contributed by atoms with Crippen molar-refractivity contribution in [3.8, 4) is 40.1 Å². The van der Waals surface area contributed by atoms with Gasteiger partial charge in [0, 0.05) is 11.1 Å². The number of para-hydroxylation sites is 1. The second kappa shape index (κ2) is 9.39. The van der Waals surface area contributed by atoms with Crippen molar-refractivity contribution in [3.05, 3.63) is 72.0 Å². The molecule has 168 valence electrons. The topological polar surface area (TPSA) is 95.7 Å². The zero-order valence-corrected chi connectivity index (χ0v) is 18.1. The van der Waals surface area contributed by atoms with E-state index in [9.17, 15) is 9.18 Å². The number of hydrogen-bond acceptors (Lipinski definition) is 7. The van der Waals surface area contributed by atoms with Crippen molar-refractivity contribution in [1.29, 1.82) is 0 Å². The number of nitrogens with zero attached hydrogens (tertiary/aromatic N) is 2. The lowest BCUT2D eigenvalue weighted by Gasteiger charge is -2.12. The minimum absolute atomic E-state index is 0.188. The fourth-order valence-electron chi connectivity index (χ4n) is 3.26. The maximum atomic E-state index is 13.5. The average Bonchev–Trinajstić information content (AvgIpc) is 3.33. The summed E-state index contributed by atoms with van der Waals surface area (Å²) >= 11 is 0. The molecule has 0 aliphatic rings. The van der Waals surface area contributed by atoms with Gasteiger partial charge in [-0.15, -0.1) is 0 Å². The van der Waals surface area contributed by atoms with Crippen molar-refractivity contribution in [2.24, 2.45) is 0 Å². The number of methoxy groups -OCH3 is 3. The van der Waals surface area contributed by atoms with Crippen molar-refractivity contribution in [3.63, 3.8) is 0 Å². The largest absolute Gasteiger partial charge is 0.493 e. The predicted molar refractivity (Wildman–Crippen MR) is 119 cm³/mol. The fourth-order valence-corrected chi connectivity index (χ4v) is 3.26. The first-order valence-electron chi connectivity index (χ1n) is 9.84. The summed E-state index contributed by atoms with van der Waals surface area (Å²) in [5.74, 6) is 0.846. The molecule has 1 N–H and O–H groups in total. The van der Waals surface area contributed by atoms with E-state index in [0.29, 0.717) is 34.1 Å². The van der Waals surface area contributed by atoms with Gasteiger partial charge in [-0.3, -0.25) is 4.79 Å². The Morgan fingerprint density at radius 1 is 0.939 bits per heavy atom. The van der Waals surface area contributed by atoms with Crippen molar-refractivity contribution < 1.29 is 27.9 Å². The van der Waals surface area contributed by atoms with Gasteiger partial charge in [-0.2, -0.15) is 4.98 Å². The lowest BCUT2D eigenvalue weighted by Crippen LogP contribution is -2.12. The van der Waals surface area contributed by atoms with Gasteiger partial charge in [-0.1, -0.05) is 23.4 Å². The summed E-state index contributed by atoms with van der Waals surface area (Å²) in [4.78, 5) is 17.1. The van der Waals surface area contributed by atoms with Gasteiger partial charge in [-0.05, 0) is 42.5 Å². The minimum Gasteiger partial charge on any atom is -0.493 e. The molecule has 0 aliphatic heterocycles. The fraction of sp³-hybridized carbons (Fsp3) is 0.125. The predicted octanol–water partition coefficient (Wildman–Crippen LogP) is 4.82. The first kappa shape index (κ1) is 21.8. The molecule has 0 radical (unpaired) electrons. The number of amides is 1. The van der Waals surface area contributed by atoms with Crippen LogP contribution in [0.25, 0.3) is 22.8 Å². The average molecular weight is 449 g/mol. The molecule has 0 spiro atoms.